The van der Waals surface area contributed by atoms with E-state index < -0.39 is 18.3 Å². The summed E-state index contributed by atoms with van der Waals surface area (Å²) in [6.45, 7) is 8.17. The van der Waals surface area contributed by atoms with Crippen LogP contribution in [-0.2, 0) is 15.7 Å². The van der Waals surface area contributed by atoms with Crippen LogP contribution in [0, 0.1) is 5.82 Å². The van der Waals surface area contributed by atoms with Gasteiger partial charge in [-0.1, -0.05) is 36.4 Å². The Morgan fingerprint density at radius 1 is 0.839 bits per heavy atom. The molecule has 3 aromatic rings. The first kappa shape index (κ1) is 20.4. The van der Waals surface area contributed by atoms with Crippen LogP contribution in [0.15, 0.2) is 60.7 Å². The van der Waals surface area contributed by atoms with Gasteiger partial charge in [0.25, 0.3) is 0 Å². The molecule has 0 radical (unpaired) electrons. The maximum absolute atomic E-state index is 13.5. The number of anilines is 2. The van der Waals surface area contributed by atoms with Crippen LogP contribution >= 0.6 is 0 Å². The van der Waals surface area contributed by atoms with E-state index in [-0.39, 0.29) is 18.5 Å². The first-order valence-corrected chi connectivity index (χ1v) is 10.9. The maximum Gasteiger partial charge on any atom is 0.457 e. The average Bonchev–Trinajstić information content (AvgIpc) is 2.94. The van der Waals surface area contributed by atoms with Crippen molar-refractivity contribution in [1.29, 1.82) is 0 Å². The van der Waals surface area contributed by atoms with E-state index in [1.807, 2.05) is 12.1 Å². The van der Waals surface area contributed by atoms with E-state index in [1.165, 1.54) is 22.9 Å². The zero-order valence-corrected chi connectivity index (χ0v) is 18.4. The van der Waals surface area contributed by atoms with Crippen LogP contribution in [-0.4, -0.2) is 25.3 Å². The minimum Gasteiger partial charge on any atom is -0.409 e. The van der Waals surface area contributed by atoms with E-state index in [9.17, 15) is 4.39 Å². The van der Waals surface area contributed by atoms with Crippen LogP contribution in [0.3, 0.4) is 0 Å². The highest BCUT2D eigenvalue weighted by Crippen LogP contribution is 2.43. The lowest BCUT2D eigenvalue weighted by Crippen LogP contribution is -2.49. The van der Waals surface area contributed by atoms with Gasteiger partial charge in [0.05, 0.1) is 11.2 Å². The van der Waals surface area contributed by atoms with Gasteiger partial charge in [-0.3, -0.25) is 0 Å². The molecule has 5 rings (SSSR count). The van der Waals surface area contributed by atoms with E-state index in [4.69, 9.17) is 9.31 Å². The summed E-state index contributed by atoms with van der Waals surface area (Å²) in [7, 11) is -0.412. The average molecular weight is 416 g/mol. The second-order valence-electron chi connectivity index (χ2n) is 9.59. The van der Waals surface area contributed by atoms with Crippen molar-refractivity contribution in [2.45, 2.75) is 51.0 Å². The number of hydrogen-bond donors (Lipinski definition) is 2. The van der Waals surface area contributed by atoms with Gasteiger partial charge in [0.15, 0.2) is 0 Å². The Hall–Kier alpha value is -2.50. The zero-order chi connectivity index (χ0) is 21.8. The quantitative estimate of drug-likeness (QED) is 0.548. The molecule has 4 nitrogen and oxygen atoms in total. The number of halogens is 1. The van der Waals surface area contributed by atoms with Gasteiger partial charge in [0, 0.05) is 22.5 Å². The number of hydrogen-bond acceptors (Lipinski definition) is 4. The van der Waals surface area contributed by atoms with E-state index in [0.29, 0.717) is 6.42 Å². The first-order chi connectivity index (χ1) is 14.7. The van der Waals surface area contributed by atoms with E-state index in [2.05, 4.69) is 74.5 Å². The minimum absolute atomic E-state index is 0.0462. The molecule has 0 aromatic heterocycles. The van der Waals surface area contributed by atoms with Crippen LogP contribution in [0.1, 0.15) is 33.3 Å². The lowest BCUT2D eigenvalue weighted by atomic mass is 9.44. The van der Waals surface area contributed by atoms with Crippen LogP contribution < -0.4 is 10.5 Å². The standard InChI is InChI=1S/C24H27B2FN2O2/c1-23(2)24(3,4)31-26(30-23)21(15-16-11-13-18(27)14-12-16)25-28-19-9-5-7-17-8-6-10-20(29-25)22(17)19/h5-14,21,28-29H,15H2,1-4H3/t21-/m0/s1. The Balaban J connectivity index is 1.51. The van der Waals surface area contributed by atoms with Crippen molar-refractivity contribution in [3.8, 4) is 0 Å². The summed E-state index contributed by atoms with van der Waals surface area (Å²) in [5, 5.41) is 9.74. The molecule has 2 N–H and O–H groups in total. The Kier molecular flexibility index (Phi) is 4.79. The fourth-order valence-electron chi connectivity index (χ4n) is 4.49. The molecular weight excluding hydrogens is 389 g/mol. The fourth-order valence-corrected chi connectivity index (χ4v) is 4.49. The van der Waals surface area contributed by atoms with Crippen LogP contribution in [0.4, 0.5) is 15.8 Å². The van der Waals surface area contributed by atoms with Gasteiger partial charge in [0.2, 0.25) is 0 Å². The second kappa shape index (κ2) is 7.28. The Morgan fingerprint density at radius 2 is 1.39 bits per heavy atom. The van der Waals surface area contributed by atoms with Gasteiger partial charge < -0.3 is 19.8 Å². The third-order valence-corrected chi connectivity index (χ3v) is 6.96. The van der Waals surface area contributed by atoms with E-state index in [0.717, 1.165) is 16.9 Å². The summed E-state index contributed by atoms with van der Waals surface area (Å²) < 4.78 is 26.4. The van der Waals surface area contributed by atoms with Crippen molar-refractivity contribution in [3.63, 3.8) is 0 Å². The molecule has 1 fully saturated rings. The molecule has 3 aromatic carbocycles. The molecule has 0 saturated carbocycles. The minimum atomic E-state index is -0.425. The molecule has 31 heavy (non-hydrogen) atoms. The number of benzene rings is 3. The van der Waals surface area contributed by atoms with Gasteiger partial charge in [-0.2, -0.15) is 0 Å². The van der Waals surface area contributed by atoms with E-state index in [1.54, 1.807) is 0 Å². The summed E-state index contributed by atoms with van der Waals surface area (Å²) in [5.41, 5.74) is 2.34. The molecule has 0 amide bonds. The van der Waals surface area contributed by atoms with Crippen molar-refractivity contribution in [3.05, 3.63) is 72.0 Å². The monoisotopic (exact) mass is 416 g/mol. The molecule has 0 bridgehead atoms. The third kappa shape index (κ3) is 3.60. The molecule has 1 saturated heterocycles. The summed E-state index contributed by atoms with van der Waals surface area (Å²) in [6, 6.07) is 19.3. The molecule has 2 heterocycles. The number of nitrogens with one attached hydrogen (secondary N) is 2. The molecule has 1 atom stereocenters. The van der Waals surface area contributed by atoms with Crippen molar-refractivity contribution >= 4 is 36.2 Å². The molecule has 0 unspecified atom stereocenters. The molecule has 2 aliphatic rings. The zero-order valence-electron chi connectivity index (χ0n) is 18.4. The van der Waals surface area contributed by atoms with Crippen LogP contribution in [0.5, 0.6) is 0 Å². The van der Waals surface area contributed by atoms with Crippen molar-refractivity contribution in [2.24, 2.45) is 0 Å². The third-order valence-electron chi connectivity index (χ3n) is 6.96. The van der Waals surface area contributed by atoms with Crippen LogP contribution in [0.2, 0.25) is 5.72 Å². The smallest absolute Gasteiger partial charge is 0.409 e. The predicted molar refractivity (Wildman–Crippen MR) is 127 cm³/mol. The van der Waals surface area contributed by atoms with Gasteiger partial charge in [-0.05, 0) is 69.3 Å². The molecule has 7 heteroatoms. The lowest BCUT2D eigenvalue weighted by molar-refractivity contribution is 0.00578. The van der Waals surface area contributed by atoms with Crippen molar-refractivity contribution in [2.75, 3.05) is 10.5 Å². The first-order valence-electron chi connectivity index (χ1n) is 10.9. The number of rotatable bonds is 4. The molecule has 0 spiro atoms. The second-order valence-corrected chi connectivity index (χ2v) is 9.59. The maximum atomic E-state index is 13.5. The molecule has 0 aliphatic carbocycles. The van der Waals surface area contributed by atoms with Gasteiger partial charge >= 0.3 is 14.1 Å². The Morgan fingerprint density at radius 3 is 1.94 bits per heavy atom. The topological polar surface area (TPSA) is 42.5 Å². The SMILES string of the molecule is CC1(C)OB([C@@H](Cc2ccc(F)cc2)B2Nc3cccc4cccc(c34)N2)OC1(C)C. The Labute approximate surface area is 183 Å². The summed E-state index contributed by atoms with van der Waals surface area (Å²) in [6.07, 6.45) is 0.680. The highest BCUT2D eigenvalue weighted by molar-refractivity contribution is 6.80. The lowest BCUT2D eigenvalue weighted by Gasteiger charge is -2.32. The molecule has 158 valence electrons. The molecule has 2 aliphatic heterocycles. The summed E-state index contributed by atoms with van der Waals surface area (Å²) in [5.74, 6) is -0.231. The van der Waals surface area contributed by atoms with E-state index >= 15 is 0 Å². The summed E-state index contributed by atoms with van der Waals surface area (Å²) >= 11 is 0. The fraction of sp³-hybridized carbons (Fsp3) is 0.333. The van der Waals surface area contributed by atoms with Gasteiger partial charge in [-0.25, -0.2) is 4.39 Å². The summed E-state index contributed by atoms with van der Waals surface area (Å²) in [4.78, 5) is 0. The van der Waals surface area contributed by atoms with Gasteiger partial charge in [0.1, 0.15) is 5.82 Å². The highest BCUT2D eigenvalue weighted by Gasteiger charge is 2.56. The molecular formula is C24H27B2FN2O2. The van der Waals surface area contributed by atoms with Crippen molar-refractivity contribution in [1.82, 2.24) is 0 Å². The largest absolute Gasteiger partial charge is 0.457 e. The highest BCUT2D eigenvalue weighted by atomic mass is 19.1. The van der Waals surface area contributed by atoms with Gasteiger partial charge in [-0.15, -0.1) is 0 Å². The van der Waals surface area contributed by atoms with Crippen LogP contribution in [0.25, 0.3) is 10.8 Å². The van der Waals surface area contributed by atoms with Crippen molar-refractivity contribution < 1.29 is 13.7 Å². The Bertz CT molecular complexity index is 1060. The normalized spacial score (nSPS) is 19.8. The predicted octanol–water partition coefficient (Wildman–Crippen LogP) is 5.55.